The van der Waals surface area contributed by atoms with Crippen LogP contribution >= 0.6 is 11.6 Å². The molecule has 1 atom stereocenters. The molecule has 1 unspecified atom stereocenters. The molecule has 0 spiro atoms. The first kappa shape index (κ1) is 29.5. The van der Waals surface area contributed by atoms with Gasteiger partial charge in [0.1, 0.15) is 17.8 Å². The summed E-state index contributed by atoms with van der Waals surface area (Å²) in [4.78, 5) is 14.2. The summed E-state index contributed by atoms with van der Waals surface area (Å²) in [5.41, 5.74) is 2.10. The van der Waals surface area contributed by atoms with Crippen LogP contribution in [0.15, 0.2) is 64.3 Å². The van der Waals surface area contributed by atoms with Crippen LogP contribution < -0.4 is 24.5 Å². The van der Waals surface area contributed by atoms with E-state index in [1.54, 1.807) is 51.2 Å². The van der Waals surface area contributed by atoms with Gasteiger partial charge in [-0.2, -0.15) is 0 Å². The Labute approximate surface area is 241 Å². The third kappa shape index (κ3) is 6.27. The lowest BCUT2D eigenvalue weighted by atomic mass is 10.1. The van der Waals surface area contributed by atoms with Crippen molar-refractivity contribution in [2.24, 2.45) is 0 Å². The molecule has 0 saturated carbocycles. The van der Waals surface area contributed by atoms with E-state index in [9.17, 15) is 9.90 Å². The van der Waals surface area contributed by atoms with E-state index in [4.69, 9.17) is 35.3 Å². The third-order valence-electron chi connectivity index (χ3n) is 6.54. The summed E-state index contributed by atoms with van der Waals surface area (Å²) in [6.07, 6.45) is 1.94. The number of aromatic nitrogens is 1. The summed E-state index contributed by atoms with van der Waals surface area (Å²) in [7, 11) is 5.70. The molecule has 0 amide bonds. The van der Waals surface area contributed by atoms with Crippen LogP contribution in [0.1, 0.15) is 11.1 Å². The van der Waals surface area contributed by atoms with E-state index in [-0.39, 0.29) is 11.3 Å². The monoisotopic (exact) mass is 586 g/mol. The fraction of sp³-hybridized carbons (Fsp3) is 0.300. The van der Waals surface area contributed by atoms with Crippen molar-refractivity contribution in [2.75, 3.05) is 47.1 Å². The van der Waals surface area contributed by atoms with Gasteiger partial charge in [0.2, 0.25) is 5.75 Å². The first-order chi connectivity index (χ1) is 19.3. The molecule has 0 radical (unpaired) electrons. The Balaban J connectivity index is 1.56. The molecule has 4 aromatic rings. The number of halogens is 1. The van der Waals surface area contributed by atoms with Crippen LogP contribution in [0.25, 0.3) is 10.9 Å². The van der Waals surface area contributed by atoms with Gasteiger partial charge in [0.15, 0.2) is 17.2 Å². The number of hydrogen-bond donors (Lipinski definition) is 1. The largest absolute Gasteiger partial charge is 0.503 e. The highest BCUT2D eigenvalue weighted by atomic mass is 35.5. The molecule has 0 aliphatic carbocycles. The van der Waals surface area contributed by atoms with Crippen molar-refractivity contribution >= 4 is 33.4 Å². The van der Waals surface area contributed by atoms with Crippen LogP contribution in [0.3, 0.4) is 0 Å². The first-order valence-electron chi connectivity index (χ1n) is 12.5. The second kappa shape index (κ2) is 13.2. The number of pyridine rings is 1. The molecule has 1 N–H and O–H groups in total. The average molecular weight is 587 g/mol. The van der Waals surface area contributed by atoms with E-state index >= 15 is 0 Å². The fourth-order valence-corrected chi connectivity index (χ4v) is 6.05. The predicted molar refractivity (Wildman–Crippen MR) is 159 cm³/mol. The van der Waals surface area contributed by atoms with Crippen molar-refractivity contribution < 1.29 is 28.8 Å². The SMILES string of the molecule is COc1ccc(Cn2c(=O)c([S+](C)CCOCc3cc(OC)c(OC)c(OC)c3)c(O)c3ccc(Cl)cc32)cc1. The average Bonchev–Trinajstić information content (AvgIpc) is 2.97. The van der Waals surface area contributed by atoms with Crippen molar-refractivity contribution in [3.8, 4) is 28.7 Å². The van der Waals surface area contributed by atoms with Crippen molar-refractivity contribution in [3.63, 3.8) is 0 Å². The van der Waals surface area contributed by atoms with E-state index in [0.29, 0.717) is 63.6 Å². The molecule has 1 heterocycles. The first-order valence-corrected chi connectivity index (χ1v) is 14.7. The van der Waals surface area contributed by atoms with Crippen LogP contribution in [0.4, 0.5) is 0 Å². The number of nitrogens with zero attached hydrogens (tertiary/aromatic N) is 1. The second-order valence-corrected chi connectivity index (χ2v) is 11.5. The summed E-state index contributed by atoms with van der Waals surface area (Å²) in [6, 6.07) is 16.4. The van der Waals surface area contributed by atoms with Gasteiger partial charge < -0.3 is 28.8 Å². The summed E-state index contributed by atoms with van der Waals surface area (Å²) >= 11 is 6.28. The molecule has 8 nitrogen and oxygen atoms in total. The number of rotatable bonds is 12. The zero-order valence-electron chi connectivity index (χ0n) is 23.2. The summed E-state index contributed by atoms with van der Waals surface area (Å²) in [5.74, 6) is 2.89. The lowest BCUT2D eigenvalue weighted by Crippen LogP contribution is -2.28. The molecule has 212 valence electrons. The maximum Gasteiger partial charge on any atom is 0.310 e. The summed E-state index contributed by atoms with van der Waals surface area (Å²) in [5, 5.41) is 12.3. The minimum atomic E-state index is -0.597. The molecule has 40 heavy (non-hydrogen) atoms. The predicted octanol–water partition coefficient (Wildman–Crippen LogP) is 5.27. The zero-order chi connectivity index (χ0) is 28.8. The summed E-state index contributed by atoms with van der Waals surface area (Å²) in [6.45, 7) is 1.02. The van der Waals surface area contributed by atoms with Gasteiger partial charge in [-0.25, -0.2) is 0 Å². The molecule has 0 saturated heterocycles. The van der Waals surface area contributed by atoms with Crippen molar-refractivity contribution in [3.05, 3.63) is 81.1 Å². The number of benzene rings is 3. The van der Waals surface area contributed by atoms with Crippen LogP contribution in [0.2, 0.25) is 5.02 Å². The Morgan fingerprint density at radius 2 is 1.55 bits per heavy atom. The van der Waals surface area contributed by atoms with Crippen molar-refractivity contribution in [1.29, 1.82) is 0 Å². The number of ether oxygens (including phenoxy) is 5. The molecule has 0 aliphatic rings. The van der Waals surface area contributed by atoms with Gasteiger partial charge >= 0.3 is 5.56 Å². The van der Waals surface area contributed by atoms with Crippen molar-refractivity contribution in [2.45, 2.75) is 18.0 Å². The molecular weight excluding hydrogens is 554 g/mol. The van der Waals surface area contributed by atoms with Crippen molar-refractivity contribution in [1.82, 2.24) is 4.57 Å². The Morgan fingerprint density at radius 1 is 0.875 bits per heavy atom. The number of methoxy groups -OCH3 is 4. The van der Waals surface area contributed by atoms with Gasteiger partial charge in [-0.05, 0) is 53.6 Å². The maximum absolute atomic E-state index is 13.8. The van der Waals surface area contributed by atoms with Gasteiger partial charge in [-0.3, -0.25) is 9.36 Å². The van der Waals surface area contributed by atoms with Gasteiger partial charge in [-0.15, -0.1) is 0 Å². The highest BCUT2D eigenvalue weighted by Crippen LogP contribution is 2.38. The quantitative estimate of drug-likeness (QED) is 0.179. The Morgan fingerprint density at radius 3 is 2.15 bits per heavy atom. The highest BCUT2D eigenvalue weighted by Gasteiger charge is 2.29. The van der Waals surface area contributed by atoms with Crippen LogP contribution in [0.5, 0.6) is 28.7 Å². The van der Waals surface area contributed by atoms with E-state index in [1.807, 2.05) is 42.7 Å². The van der Waals surface area contributed by atoms with E-state index in [1.165, 1.54) is 0 Å². The molecule has 4 rings (SSSR count). The zero-order valence-corrected chi connectivity index (χ0v) is 24.7. The number of fused-ring (bicyclic) bond motifs is 1. The fourth-order valence-electron chi connectivity index (χ4n) is 4.46. The molecule has 1 aromatic heterocycles. The lowest BCUT2D eigenvalue weighted by molar-refractivity contribution is 0.135. The maximum atomic E-state index is 13.8. The Hall–Kier alpha value is -3.53. The molecule has 0 bridgehead atoms. The van der Waals surface area contributed by atoms with Crippen LogP contribution in [-0.4, -0.2) is 56.7 Å². The van der Waals surface area contributed by atoms with Gasteiger partial charge in [0.25, 0.3) is 4.90 Å². The topological polar surface area (TPSA) is 88.4 Å². The molecule has 0 fully saturated rings. The smallest absolute Gasteiger partial charge is 0.310 e. The van der Waals surface area contributed by atoms with Crippen LogP contribution in [0, 0.1) is 0 Å². The Kier molecular flexibility index (Phi) is 9.73. The molecule has 0 aliphatic heterocycles. The standard InChI is InChI=1S/C30H32ClNO7S/c1-35-22-9-6-19(7-10-22)17-32-24-16-21(31)8-11-23(24)27(33)29(30(32)34)40(5)13-12-39-18-20-14-25(36-2)28(38-4)26(15-20)37-3/h6-11,14-16H,12-13,17-18H2,1-5H3/p+1. The molecular formula is C30H33ClNO7S+. The van der Waals surface area contributed by atoms with E-state index < -0.39 is 10.9 Å². The normalized spacial score (nSPS) is 11.8. The number of aromatic hydroxyl groups is 1. The molecule has 10 heteroatoms. The van der Waals surface area contributed by atoms with E-state index in [0.717, 1.165) is 16.9 Å². The molecule has 3 aromatic carbocycles. The minimum absolute atomic E-state index is 0.0156. The summed E-state index contributed by atoms with van der Waals surface area (Å²) < 4.78 is 29.1. The highest BCUT2D eigenvalue weighted by molar-refractivity contribution is 7.96. The second-order valence-electron chi connectivity index (χ2n) is 9.01. The van der Waals surface area contributed by atoms with Crippen LogP contribution in [-0.2, 0) is 28.8 Å². The van der Waals surface area contributed by atoms with E-state index in [2.05, 4.69) is 0 Å². The number of hydrogen-bond acceptors (Lipinski definition) is 7. The Bertz CT molecular complexity index is 1510. The minimum Gasteiger partial charge on any atom is -0.503 e. The van der Waals surface area contributed by atoms with Gasteiger partial charge in [0.05, 0.1) is 53.7 Å². The third-order valence-corrected chi connectivity index (χ3v) is 8.61. The lowest BCUT2D eigenvalue weighted by Gasteiger charge is -2.15. The van der Waals surface area contributed by atoms with Gasteiger partial charge in [-0.1, -0.05) is 23.7 Å². The van der Waals surface area contributed by atoms with Gasteiger partial charge in [0, 0.05) is 21.3 Å².